The first-order valence-corrected chi connectivity index (χ1v) is 6.60. The number of nitrogens with zero attached hydrogens (tertiary/aromatic N) is 1. The SMILES string of the molecule is CCCN(CCC)C(=O)CCNCC(C)C. The molecule has 0 saturated heterocycles. The molecule has 0 aromatic heterocycles. The smallest absolute Gasteiger partial charge is 0.223 e. The predicted octanol–water partition coefficient (Wildman–Crippen LogP) is 2.27. The van der Waals surface area contributed by atoms with Gasteiger partial charge in [0.25, 0.3) is 0 Å². The lowest BCUT2D eigenvalue weighted by atomic mass is 10.2. The largest absolute Gasteiger partial charge is 0.343 e. The molecule has 3 heteroatoms. The lowest BCUT2D eigenvalue weighted by Crippen LogP contribution is -2.35. The van der Waals surface area contributed by atoms with E-state index in [0.29, 0.717) is 18.2 Å². The highest BCUT2D eigenvalue weighted by molar-refractivity contribution is 5.76. The molecule has 1 N–H and O–H groups in total. The summed E-state index contributed by atoms with van der Waals surface area (Å²) in [5.41, 5.74) is 0. The zero-order chi connectivity index (χ0) is 12.4. The van der Waals surface area contributed by atoms with Crippen LogP contribution in [0.2, 0.25) is 0 Å². The molecule has 0 radical (unpaired) electrons. The number of hydrogen-bond acceptors (Lipinski definition) is 2. The third kappa shape index (κ3) is 7.69. The summed E-state index contributed by atoms with van der Waals surface area (Å²) in [6.07, 6.45) is 2.73. The number of rotatable bonds is 9. The molecule has 0 unspecified atom stereocenters. The van der Waals surface area contributed by atoms with Gasteiger partial charge in [0.05, 0.1) is 0 Å². The molecule has 16 heavy (non-hydrogen) atoms. The zero-order valence-corrected chi connectivity index (χ0v) is 11.4. The van der Waals surface area contributed by atoms with E-state index in [4.69, 9.17) is 0 Å². The Morgan fingerprint density at radius 3 is 2.19 bits per heavy atom. The Hall–Kier alpha value is -0.570. The van der Waals surface area contributed by atoms with Crippen LogP contribution in [0.1, 0.15) is 47.0 Å². The first-order chi connectivity index (χ1) is 7.61. The Labute approximate surface area is 101 Å². The molecule has 0 saturated carbocycles. The lowest BCUT2D eigenvalue weighted by Gasteiger charge is -2.21. The van der Waals surface area contributed by atoms with Crippen molar-refractivity contribution in [1.29, 1.82) is 0 Å². The monoisotopic (exact) mass is 228 g/mol. The van der Waals surface area contributed by atoms with Gasteiger partial charge in [0, 0.05) is 26.1 Å². The van der Waals surface area contributed by atoms with Crippen LogP contribution in [0.15, 0.2) is 0 Å². The molecule has 0 aromatic rings. The quantitative estimate of drug-likeness (QED) is 0.614. The van der Waals surface area contributed by atoms with E-state index >= 15 is 0 Å². The molecule has 3 nitrogen and oxygen atoms in total. The second kappa shape index (κ2) is 9.64. The standard InChI is InChI=1S/C13H28N2O/c1-5-9-15(10-6-2)13(16)7-8-14-11-12(3)4/h12,14H,5-11H2,1-4H3. The van der Waals surface area contributed by atoms with Crippen molar-refractivity contribution < 1.29 is 4.79 Å². The van der Waals surface area contributed by atoms with E-state index in [1.54, 1.807) is 0 Å². The summed E-state index contributed by atoms with van der Waals surface area (Å²) in [7, 11) is 0. The molecular weight excluding hydrogens is 200 g/mol. The van der Waals surface area contributed by atoms with E-state index in [-0.39, 0.29) is 0 Å². The first kappa shape index (κ1) is 15.4. The maximum Gasteiger partial charge on any atom is 0.223 e. The van der Waals surface area contributed by atoms with E-state index in [1.807, 2.05) is 4.90 Å². The fraction of sp³-hybridized carbons (Fsp3) is 0.923. The van der Waals surface area contributed by atoms with Gasteiger partial charge in [-0.1, -0.05) is 27.7 Å². The Balaban J connectivity index is 3.73. The molecule has 0 rings (SSSR count). The van der Waals surface area contributed by atoms with Crippen LogP contribution in [0, 0.1) is 5.92 Å². The minimum absolute atomic E-state index is 0.292. The maximum atomic E-state index is 11.9. The summed E-state index contributed by atoms with van der Waals surface area (Å²) in [5.74, 6) is 0.942. The molecule has 0 aliphatic carbocycles. The number of hydrogen-bond donors (Lipinski definition) is 1. The van der Waals surface area contributed by atoms with Crippen molar-refractivity contribution in [3.8, 4) is 0 Å². The average Bonchev–Trinajstić information content (AvgIpc) is 2.23. The van der Waals surface area contributed by atoms with Crippen molar-refractivity contribution in [1.82, 2.24) is 10.2 Å². The molecule has 0 aliphatic heterocycles. The topological polar surface area (TPSA) is 32.3 Å². The van der Waals surface area contributed by atoms with Gasteiger partial charge in [-0.25, -0.2) is 0 Å². The van der Waals surface area contributed by atoms with Crippen LogP contribution in [0.3, 0.4) is 0 Å². The van der Waals surface area contributed by atoms with Crippen molar-refractivity contribution in [2.24, 2.45) is 5.92 Å². The second-order valence-corrected chi connectivity index (χ2v) is 4.73. The molecule has 0 aliphatic rings. The van der Waals surface area contributed by atoms with E-state index < -0.39 is 0 Å². The molecule has 0 spiro atoms. The highest BCUT2D eigenvalue weighted by atomic mass is 16.2. The Bertz CT molecular complexity index is 175. The van der Waals surface area contributed by atoms with Crippen LogP contribution in [0.4, 0.5) is 0 Å². The Kier molecular flexibility index (Phi) is 9.30. The van der Waals surface area contributed by atoms with Gasteiger partial charge in [-0.2, -0.15) is 0 Å². The molecule has 0 atom stereocenters. The van der Waals surface area contributed by atoms with Gasteiger partial charge < -0.3 is 10.2 Å². The number of nitrogens with one attached hydrogen (secondary N) is 1. The molecule has 0 bridgehead atoms. The van der Waals surface area contributed by atoms with Gasteiger partial charge in [0.1, 0.15) is 0 Å². The number of amides is 1. The number of carbonyl (C=O) groups excluding carboxylic acids is 1. The highest BCUT2D eigenvalue weighted by Gasteiger charge is 2.10. The van der Waals surface area contributed by atoms with E-state index in [1.165, 1.54) is 0 Å². The summed E-state index contributed by atoms with van der Waals surface area (Å²) in [6.45, 7) is 12.2. The van der Waals surface area contributed by atoms with E-state index in [2.05, 4.69) is 33.0 Å². The second-order valence-electron chi connectivity index (χ2n) is 4.73. The third-order valence-corrected chi connectivity index (χ3v) is 2.41. The van der Waals surface area contributed by atoms with Crippen LogP contribution in [0.5, 0.6) is 0 Å². The molecule has 0 fully saturated rings. The normalized spacial score (nSPS) is 10.8. The molecule has 0 aromatic carbocycles. The fourth-order valence-electron chi connectivity index (χ4n) is 1.65. The van der Waals surface area contributed by atoms with Gasteiger partial charge in [-0.05, 0) is 25.3 Å². The summed E-state index contributed by atoms with van der Waals surface area (Å²) < 4.78 is 0. The fourth-order valence-corrected chi connectivity index (χ4v) is 1.65. The summed E-state index contributed by atoms with van der Waals surface area (Å²) in [6, 6.07) is 0. The maximum absolute atomic E-state index is 11.9. The molecule has 96 valence electrons. The first-order valence-electron chi connectivity index (χ1n) is 6.60. The minimum atomic E-state index is 0.292. The van der Waals surface area contributed by atoms with Crippen molar-refractivity contribution >= 4 is 5.91 Å². The van der Waals surface area contributed by atoms with Gasteiger partial charge in [-0.15, -0.1) is 0 Å². The average molecular weight is 228 g/mol. The highest BCUT2D eigenvalue weighted by Crippen LogP contribution is 1.98. The van der Waals surface area contributed by atoms with Crippen molar-refractivity contribution in [2.75, 3.05) is 26.2 Å². The molecule has 1 amide bonds. The van der Waals surface area contributed by atoms with Gasteiger partial charge >= 0.3 is 0 Å². The third-order valence-electron chi connectivity index (χ3n) is 2.41. The van der Waals surface area contributed by atoms with Crippen LogP contribution < -0.4 is 5.32 Å². The summed E-state index contributed by atoms with van der Waals surface area (Å²) >= 11 is 0. The van der Waals surface area contributed by atoms with Crippen molar-refractivity contribution in [3.05, 3.63) is 0 Å². The minimum Gasteiger partial charge on any atom is -0.343 e. The van der Waals surface area contributed by atoms with Crippen molar-refractivity contribution in [2.45, 2.75) is 47.0 Å². The lowest BCUT2D eigenvalue weighted by molar-refractivity contribution is -0.131. The Morgan fingerprint density at radius 2 is 1.75 bits per heavy atom. The number of carbonyl (C=O) groups is 1. The van der Waals surface area contributed by atoms with Gasteiger partial charge in [0.15, 0.2) is 0 Å². The van der Waals surface area contributed by atoms with E-state index in [0.717, 1.165) is 39.0 Å². The zero-order valence-electron chi connectivity index (χ0n) is 11.4. The van der Waals surface area contributed by atoms with E-state index in [9.17, 15) is 4.79 Å². The van der Waals surface area contributed by atoms with Gasteiger partial charge in [-0.3, -0.25) is 4.79 Å². The molecular formula is C13H28N2O. The van der Waals surface area contributed by atoms with Crippen molar-refractivity contribution in [3.63, 3.8) is 0 Å². The van der Waals surface area contributed by atoms with Crippen LogP contribution in [-0.4, -0.2) is 37.0 Å². The van der Waals surface area contributed by atoms with Crippen LogP contribution in [0.25, 0.3) is 0 Å². The summed E-state index contributed by atoms with van der Waals surface area (Å²) in [5, 5.41) is 3.31. The van der Waals surface area contributed by atoms with Crippen LogP contribution in [-0.2, 0) is 4.79 Å². The predicted molar refractivity (Wildman–Crippen MR) is 69.5 cm³/mol. The van der Waals surface area contributed by atoms with Crippen LogP contribution >= 0.6 is 0 Å². The van der Waals surface area contributed by atoms with Gasteiger partial charge in [0.2, 0.25) is 5.91 Å². The summed E-state index contributed by atoms with van der Waals surface area (Å²) in [4.78, 5) is 13.8. The molecule has 0 heterocycles. The Morgan fingerprint density at radius 1 is 1.19 bits per heavy atom.